The molecule has 3 rings (SSSR count). The normalized spacial score (nSPS) is 11.6. The van der Waals surface area contributed by atoms with E-state index in [2.05, 4.69) is 52.0 Å². The molecule has 0 aliphatic rings. The minimum absolute atomic E-state index is 0.180. The number of aromatic hydroxyl groups is 1. The van der Waals surface area contributed by atoms with E-state index in [0.29, 0.717) is 0 Å². The fourth-order valence-corrected chi connectivity index (χ4v) is 6.90. The second kappa shape index (κ2) is 7.02. The minimum Gasteiger partial charge on any atom is -0.508 e. The van der Waals surface area contributed by atoms with Crippen LogP contribution in [0.5, 0.6) is 5.75 Å². The molecule has 3 heteroatoms. The number of phenols is 1. The van der Waals surface area contributed by atoms with Crippen molar-refractivity contribution in [3.05, 3.63) is 81.9 Å². The Balaban J connectivity index is 2.42. The van der Waals surface area contributed by atoms with Crippen molar-refractivity contribution in [3.8, 4) is 5.75 Å². The van der Waals surface area contributed by atoms with Gasteiger partial charge in [-0.15, -0.1) is 0 Å². The Labute approximate surface area is 162 Å². The fourth-order valence-electron chi connectivity index (χ4n) is 3.64. The van der Waals surface area contributed by atoms with E-state index in [0.717, 1.165) is 38.2 Å². The quantitative estimate of drug-likeness (QED) is 0.660. The molecule has 0 aliphatic heterocycles. The first-order valence-electron chi connectivity index (χ1n) is 9.21. The third kappa shape index (κ3) is 3.35. The fraction of sp³-hybridized carbons (Fsp3) is 0.250. The highest BCUT2D eigenvalue weighted by atomic mass is 31.2. The summed E-state index contributed by atoms with van der Waals surface area (Å²) in [5.74, 6) is 0.180. The van der Waals surface area contributed by atoms with Crippen LogP contribution in [0.15, 0.2) is 48.5 Å². The number of hydrogen-bond donors (Lipinski definition) is 1. The van der Waals surface area contributed by atoms with E-state index in [1.807, 2.05) is 13.8 Å². The molecule has 2 nitrogen and oxygen atoms in total. The van der Waals surface area contributed by atoms with Crippen molar-refractivity contribution < 1.29 is 9.67 Å². The molecule has 1 N–H and O–H groups in total. The first-order chi connectivity index (χ1) is 12.6. The largest absolute Gasteiger partial charge is 0.508 e. The van der Waals surface area contributed by atoms with Crippen molar-refractivity contribution >= 4 is 23.1 Å². The Morgan fingerprint density at radius 2 is 0.963 bits per heavy atom. The zero-order valence-corrected chi connectivity index (χ0v) is 17.8. The van der Waals surface area contributed by atoms with Gasteiger partial charge in [0.05, 0.1) is 0 Å². The lowest BCUT2D eigenvalue weighted by atomic mass is 10.1. The summed E-state index contributed by atoms with van der Waals surface area (Å²) in [7, 11) is -3.08. The second-order valence-electron chi connectivity index (χ2n) is 7.57. The van der Waals surface area contributed by atoms with Crippen LogP contribution in [0.25, 0.3) is 0 Å². The number of aryl methyl sites for hydroxylation is 6. The summed E-state index contributed by atoms with van der Waals surface area (Å²) in [5.41, 5.74) is 6.74. The molecule has 0 aliphatic carbocycles. The van der Waals surface area contributed by atoms with Gasteiger partial charge in [-0.1, -0.05) is 12.1 Å². The molecule has 0 atom stereocenters. The maximum Gasteiger partial charge on any atom is 0.171 e. The van der Waals surface area contributed by atoms with Crippen LogP contribution in [-0.2, 0) is 4.57 Å². The van der Waals surface area contributed by atoms with Crippen LogP contribution < -0.4 is 15.9 Å². The van der Waals surface area contributed by atoms with E-state index in [1.165, 1.54) is 11.1 Å². The smallest absolute Gasteiger partial charge is 0.171 e. The molecule has 0 amide bonds. The Morgan fingerprint density at radius 3 is 1.37 bits per heavy atom. The van der Waals surface area contributed by atoms with E-state index in [9.17, 15) is 9.67 Å². The van der Waals surface area contributed by atoms with Gasteiger partial charge in [-0.25, -0.2) is 0 Å². The van der Waals surface area contributed by atoms with Crippen molar-refractivity contribution in [1.82, 2.24) is 0 Å². The van der Waals surface area contributed by atoms with Crippen molar-refractivity contribution in [3.63, 3.8) is 0 Å². The van der Waals surface area contributed by atoms with Crippen LogP contribution in [0.4, 0.5) is 0 Å². The number of phenolic OH excluding ortho intramolecular Hbond substituents is 1. The van der Waals surface area contributed by atoms with Crippen molar-refractivity contribution in [1.29, 1.82) is 0 Å². The van der Waals surface area contributed by atoms with Gasteiger partial charge in [0.15, 0.2) is 7.14 Å². The summed E-state index contributed by atoms with van der Waals surface area (Å²) in [5, 5.41) is 12.2. The van der Waals surface area contributed by atoms with Crippen LogP contribution in [0.1, 0.15) is 33.4 Å². The summed E-state index contributed by atoms with van der Waals surface area (Å²) < 4.78 is 14.8. The van der Waals surface area contributed by atoms with Gasteiger partial charge in [-0.3, -0.25) is 0 Å². The van der Waals surface area contributed by atoms with Crippen molar-refractivity contribution in [2.75, 3.05) is 0 Å². The van der Waals surface area contributed by atoms with E-state index < -0.39 is 7.14 Å². The molecule has 0 aromatic heterocycles. The van der Waals surface area contributed by atoms with E-state index in [1.54, 1.807) is 24.3 Å². The van der Waals surface area contributed by atoms with Gasteiger partial charge >= 0.3 is 0 Å². The van der Waals surface area contributed by atoms with Gasteiger partial charge in [0, 0.05) is 15.9 Å². The summed E-state index contributed by atoms with van der Waals surface area (Å²) >= 11 is 0. The first kappa shape index (κ1) is 19.5. The summed E-state index contributed by atoms with van der Waals surface area (Å²) in [6.45, 7) is 12.4. The Kier molecular flexibility index (Phi) is 5.06. The zero-order valence-electron chi connectivity index (χ0n) is 16.9. The third-order valence-corrected chi connectivity index (χ3v) is 8.86. The van der Waals surface area contributed by atoms with Crippen LogP contribution in [0, 0.1) is 41.5 Å². The molecule has 140 valence electrons. The predicted octanol–water partition coefficient (Wildman–Crippen LogP) is 4.88. The minimum atomic E-state index is -3.08. The standard InChI is InChI=1S/C24H27O2P/c1-15-11-19(5)23(13-17(15)3)27(26,22-9-7-21(25)8-10-22)24-14-18(4)16(2)12-20(24)6/h7-14,25H,1-6H3. The second-order valence-corrected chi connectivity index (χ2v) is 10.3. The Bertz CT molecular complexity index is 1000. The van der Waals surface area contributed by atoms with Crippen molar-refractivity contribution in [2.45, 2.75) is 41.5 Å². The molecule has 0 unspecified atom stereocenters. The van der Waals surface area contributed by atoms with Crippen LogP contribution in [0.2, 0.25) is 0 Å². The topological polar surface area (TPSA) is 37.3 Å². The van der Waals surface area contributed by atoms with Crippen LogP contribution >= 0.6 is 7.14 Å². The molecular formula is C24H27O2P. The molecule has 3 aromatic carbocycles. The van der Waals surface area contributed by atoms with E-state index >= 15 is 0 Å². The number of rotatable bonds is 3. The van der Waals surface area contributed by atoms with Crippen LogP contribution in [-0.4, -0.2) is 5.11 Å². The lowest BCUT2D eigenvalue weighted by Crippen LogP contribution is -2.29. The van der Waals surface area contributed by atoms with Crippen LogP contribution in [0.3, 0.4) is 0 Å². The van der Waals surface area contributed by atoms with E-state index in [4.69, 9.17) is 0 Å². The summed E-state index contributed by atoms with van der Waals surface area (Å²) in [4.78, 5) is 0. The highest BCUT2D eigenvalue weighted by Gasteiger charge is 2.33. The molecule has 0 heterocycles. The van der Waals surface area contributed by atoms with Gasteiger partial charge in [0.25, 0.3) is 0 Å². The predicted molar refractivity (Wildman–Crippen MR) is 116 cm³/mol. The zero-order chi connectivity index (χ0) is 19.9. The number of hydrogen-bond acceptors (Lipinski definition) is 2. The lowest BCUT2D eigenvalue weighted by molar-refractivity contribution is 0.475. The highest BCUT2D eigenvalue weighted by Crippen LogP contribution is 2.45. The maximum atomic E-state index is 14.8. The average Bonchev–Trinajstić information content (AvgIpc) is 2.61. The lowest BCUT2D eigenvalue weighted by Gasteiger charge is -2.25. The van der Waals surface area contributed by atoms with Gasteiger partial charge in [-0.05, 0) is 111 Å². The molecule has 0 fully saturated rings. The molecule has 3 aromatic rings. The highest BCUT2D eigenvalue weighted by molar-refractivity contribution is 7.85. The molecule has 27 heavy (non-hydrogen) atoms. The summed E-state index contributed by atoms with van der Waals surface area (Å²) in [6.07, 6.45) is 0. The van der Waals surface area contributed by atoms with Gasteiger partial charge < -0.3 is 9.67 Å². The van der Waals surface area contributed by atoms with Crippen molar-refractivity contribution in [2.24, 2.45) is 0 Å². The van der Waals surface area contributed by atoms with Gasteiger partial charge in [0.2, 0.25) is 0 Å². The first-order valence-corrected chi connectivity index (χ1v) is 10.9. The molecule has 0 bridgehead atoms. The molecule has 0 spiro atoms. The monoisotopic (exact) mass is 378 g/mol. The van der Waals surface area contributed by atoms with Gasteiger partial charge in [0.1, 0.15) is 5.75 Å². The maximum absolute atomic E-state index is 14.8. The SMILES string of the molecule is Cc1cc(C)c(P(=O)(c2ccc(O)cc2)c2cc(C)c(C)cc2C)cc1C. The molecular weight excluding hydrogens is 351 g/mol. The molecule has 0 saturated carbocycles. The molecule has 0 saturated heterocycles. The Morgan fingerprint density at radius 1 is 0.593 bits per heavy atom. The number of benzene rings is 3. The Hall–Kier alpha value is -2.31. The average molecular weight is 378 g/mol. The summed E-state index contributed by atoms with van der Waals surface area (Å²) in [6, 6.07) is 15.2. The molecule has 0 radical (unpaired) electrons. The third-order valence-electron chi connectivity index (χ3n) is 5.52. The van der Waals surface area contributed by atoms with Gasteiger partial charge in [-0.2, -0.15) is 0 Å². The van der Waals surface area contributed by atoms with E-state index in [-0.39, 0.29) is 5.75 Å².